The monoisotopic (exact) mass is 506 g/mol. The van der Waals surface area contributed by atoms with Crippen molar-refractivity contribution < 1.29 is 13.3 Å². The van der Waals surface area contributed by atoms with Gasteiger partial charge in [-0.15, -0.1) is 24.0 Å². The van der Waals surface area contributed by atoms with Gasteiger partial charge in [0, 0.05) is 39.1 Å². The van der Waals surface area contributed by atoms with Crippen LogP contribution in [-0.4, -0.2) is 48.8 Å². The summed E-state index contributed by atoms with van der Waals surface area (Å²) in [7, 11) is 1.69. The third-order valence-corrected chi connectivity index (χ3v) is 4.44. The molecule has 0 amide bonds. The van der Waals surface area contributed by atoms with E-state index in [2.05, 4.69) is 25.8 Å². The molecule has 1 aliphatic heterocycles. The predicted molar refractivity (Wildman–Crippen MR) is 114 cm³/mol. The molecule has 154 valence electrons. The molecular weight excluding hydrogens is 481 g/mol. The average molecular weight is 506 g/mol. The van der Waals surface area contributed by atoms with Crippen LogP contribution < -0.4 is 15.5 Å². The van der Waals surface area contributed by atoms with Crippen LogP contribution in [0.25, 0.3) is 0 Å². The summed E-state index contributed by atoms with van der Waals surface area (Å²) >= 11 is 0. The lowest BCUT2D eigenvalue weighted by Gasteiger charge is -2.21. The van der Waals surface area contributed by atoms with Crippen LogP contribution in [-0.2, 0) is 6.42 Å². The Labute approximate surface area is 180 Å². The molecule has 1 fully saturated rings. The van der Waals surface area contributed by atoms with Crippen LogP contribution in [0.3, 0.4) is 0 Å². The first-order valence-corrected chi connectivity index (χ1v) is 9.02. The molecule has 2 N–H and O–H groups in total. The number of aromatic nitrogens is 2. The zero-order valence-electron chi connectivity index (χ0n) is 15.9. The first-order chi connectivity index (χ1) is 13.1. The fourth-order valence-corrected chi connectivity index (χ4v) is 3.15. The zero-order chi connectivity index (χ0) is 19.2. The number of para-hydroxylation sites is 1. The van der Waals surface area contributed by atoms with Gasteiger partial charge in [0.25, 0.3) is 0 Å². The molecule has 3 rings (SSSR count). The summed E-state index contributed by atoms with van der Waals surface area (Å²) in [5.74, 6) is 0.851. The molecule has 1 aromatic heterocycles. The van der Waals surface area contributed by atoms with Gasteiger partial charge in [0.15, 0.2) is 11.8 Å². The van der Waals surface area contributed by atoms with Gasteiger partial charge in [0.2, 0.25) is 5.89 Å². The molecule has 0 bridgehead atoms. The highest BCUT2D eigenvalue weighted by Gasteiger charge is 2.27. The lowest BCUT2D eigenvalue weighted by Crippen LogP contribution is -2.45. The third-order valence-electron chi connectivity index (χ3n) is 4.44. The minimum Gasteiger partial charge on any atom is -0.365 e. The van der Waals surface area contributed by atoms with Gasteiger partial charge in [-0.3, -0.25) is 4.99 Å². The molecule has 0 radical (unpaired) electrons. The van der Waals surface area contributed by atoms with Gasteiger partial charge in [-0.05, 0) is 31.9 Å². The van der Waals surface area contributed by atoms with Crippen LogP contribution in [0.1, 0.15) is 24.6 Å². The molecule has 0 spiro atoms. The van der Waals surface area contributed by atoms with Crippen LogP contribution in [0.15, 0.2) is 27.7 Å². The predicted octanol–water partition coefficient (Wildman–Crippen LogP) is 2.65. The van der Waals surface area contributed by atoms with Crippen LogP contribution in [0.2, 0.25) is 0 Å². The van der Waals surface area contributed by atoms with E-state index in [1.54, 1.807) is 18.9 Å². The average Bonchev–Trinajstić information content (AvgIpc) is 3.26. The summed E-state index contributed by atoms with van der Waals surface area (Å²) in [6.07, 6.45) is 2.28. The summed E-state index contributed by atoms with van der Waals surface area (Å²) in [4.78, 5) is 10.1. The van der Waals surface area contributed by atoms with Gasteiger partial charge < -0.3 is 20.1 Å². The number of rotatable bonds is 6. The molecule has 1 aromatic carbocycles. The number of hydrogen-bond donors (Lipinski definition) is 2. The molecule has 1 unspecified atom stereocenters. The minimum absolute atomic E-state index is 0. The summed E-state index contributed by atoms with van der Waals surface area (Å²) in [5, 5.41) is 10.3. The molecule has 1 atom stereocenters. The highest BCUT2D eigenvalue weighted by atomic mass is 127. The summed E-state index contributed by atoms with van der Waals surface area (Å²) in [6.45, 7) is 3.58. The molecule has 7 nitrogen and oxygen atoms in total. The summed E-state index contributed by atoms with van der Waals surface area (Å²) < 4.78 is 33.0. The Morgan fingerprint density at radius 3 is 2.75 bits per heavy atom. The Morgan fingerprint density at radius 1 is 1.36 bits per heavy atom. The van der Waals surface area contributed by atoms with Crippen molar-refractivity contribution in [1.82, 2.24) is 20.8 Å². The van der Waals surface area contributed by atoms with E-state index in [4.69, 9.17) is 4.52 Å². The smallest absolute Gasteiger partial charge is 0.226 e. The Bertz CT molecular complexity index is 780. The number of anilines is 1. The fourth-order valence-electron chi connectivity index (χ4n) is 3.15. The quantitative estimate of drug-likeness (QED) is 0.272. The van der Waals surface area contributed by atoms with Crippen molar-refractivity contribution in [2.75, 3.05) is 31.6 Å². The fraction of sp³-hybridized carbons (Fsp3) is 0.500. The van der Waals surface area contributed by atoms with Gasteiger partial charge in [-0.25, -0.2) is 8.78 Å². The van der Waals surface area contributed by atoms with Gasteiger partial charge >= 0.3 is 0 Å². The Kier molecular flexibility index (Phi) is 8.39. The normalized spacial score (nSPS) is 16.8. The third kappa shape index (κ3) is 5.76. The topological polar surface area (TPSA) is 78.6 Å². The van der Waals surface area contributed by atoms with Crippen LogP contribution in [0.5, 0.6) is 0 Å². The van der Waals surface area contributed by atoms with E-state index in [9.17, 15) is 8.78 Å². The van der Waals surface area contributed by atoms with Crippen molar-refractivity contribution in [3.63, 3.8) is 0 Å². The van der Waals surface area contributed by atoms with Gasteiger partial charge in [0.05, 0.1) is 0 Å². The molecule has 2 aromatic rings. The van der Waals surface area contributed by atoms with E-state index < -0.39 is 11.6 Å². The van der Waals surface area contributed by atoms with Crippen LogP contribution in [0.4, 0.5) is 14.5 Å². The maximum Gasteiger partial charge on any atom is 0.226 e. The molecular formula is C18H25F2IN6O. The largest absolute Gasteiger partial charge is 0.365 e. The van der Waals surface area contributed by atoms with Gasteiger partial charge in [-0.1, -0.05) is 11.2 Å². The van der Waals surface area contributed by atoms with Gasteiger partial charge in [-0.2, -0.15) is 4.98 Å². The maximum atomic E-state index is 13.9. The number of halogens is 3. The highest BCUT2D eigenvalue weighted by molar-refractivity contribution is 14.0. The SMILES string of the molecule is CN=C(NCCCc1nc(C)no1)NC1CCN(c2c(F)cccc2F)C1.I. The second-order valence-electron chi connectivity index (χ2n) is 6.48. The van der Waals surface area contributed by atoms with Crippen LogP contribution in [0, 0.1) is 18.6 Å². The van der Waals surface area contributed by atoms with E-state index in [0.717, 1.165) is 12.8 Å². The highest BCUT2D eigenvalue weighted by Crippen LogP contribution is 2.26. The number of aliphatic imine (C=N–C) groups is 1. The maximum absolute atomic E-state index is 13.9. The molecule has 28 heavy (non-hydrogen) atoms. The molecule has 10 heteroatoms. The van der Waals surface area contributed by atoms with E-state index in [0.29, 0.717) is 43.7 Å². The minimum atomic E-state index is -0.533. The van der Waals surface area contributed by atoms with E-state index in [1.165, 1.54) is 18.2 Å². The van der Waals surface area contributed by atoms with Crippen molar-refractivity contribution in [1.29, 1.82) is 0 Å². The Balaban J connectivity index is 0.00000280. The molecule has 1 aliphatic rings. The summed E-state index contributed by atoms with van der Waals surface area (Å²) in [6, 6.07) is 4.00. The first-order valence-electron chi connectivity index (χ1n) is 9.02. The molecule has 0 aliphatic carbocycles. The van der Waals surface area contributed by atoms with Crippen molar-refractivity contribution >= 4 is 35.6 Å². The van der Waals surface area contributed by atoms with Crippen molar-refractivity contribution in [2.24, 2.45) is 4.99 Å². The van der Waals surface area contributed by atoms with Crippen molar-refractivity contribution in [2.45, 2.75) is 32.2 Å². The number of nitrogens with one attached hydrogen (secondary N) is 2. The van der Waals surface area contributed by atoms with E-state index in [-0.39, 0.29) is 35.7 Å². The second-order valence-corrected chi connectivity index (χ2v) is 6.48. The standard InChI is InChI=1S/C18H24F2N6O.HI/c1-12-23-16(27-25-12)7-4-9-22-18(21-2)24-13-8-10-26(11-13)17-14(19)5-3-6-15(17)20;/h3,5-6,13H,4,7-11H2,1-2H3,(H2,21,22,24);1H. The van der Waals surface area contributed by atoms with Crippen molar-refractivity contribution in [3.8, 4) is 0 Å². The number of guanidine groups is 1. The number of benzene rings is 1. The van der Waals surface area contributed by atoms with Crippen molar-refractivity contribution in [3.05, 3.63) is 41.5 Å². The van der Waals surface area contributed by atoms with E-state index >= 15 is 0 Å². The van der Waals surface area contributed by atoms with E-state index in [1.807, 2.05) is 0 Å². The molecule has 0 saturated carbocycles. The van der Waals surface area contributed by atoms with Gasteiger partial charge in [0.1, 0.15) is 17.3 Å². The number of hydrogen-bond acceptors (Lipinski definition) is 5. The number of aryl methyl sites for hydroxylation is 2. The second kappa shape index (κ2) is 10.5. The lowest BCUT2D eigenvalue weighted by molar-refractivity contribution is 0.372. The molecule has 1 saturated heterocycles. The summed E-state index contributed by atoms with van der Waals surface area (Å²) in [5.41, 5.74) is 0.0413. The lowest BCUT2D eigenvalue weighted by atomic mass is 10.2. The molecule has 2 heterocycles. The zero-order valence-corrected chi connectivity index (χ0v) is 18.2. The first kappa shape index (κ1) is 22.3. The number of nitrogens with zero attached hydrogens (tertiary/aromatic N) is 4. The Morgan fingerprint density at radius 2 is 2.11 bits per heavy atom. The Hall–Kier alpha value is -1.98. The van der Waals surface area contributed by atoms with Crippen LogP contribution >= 0.6 is 24.0 Å².